The molecule has 10 heteroatoms. The highest BCUT2D eigenvalue weighted by molar-refractivity contribution is 6.43. The van der Waals surface area contributed by atoms with Gasteiger partial charge < -0.3 is 26.7 Å². The van der Waals surface area contributed by atoms with Gasteiger partial charge in [-0.25, -0.2) is 0 Å². The van der Waals surface area contributed by atoms with Crippen molar-refractivity contribution in [2.24, 2.45) is 0 Å². The van der Waals surface area contributed by atoms with Crippen LogP contribution in [0.5, 0.6) is 0 Å². The molecule has 2 aromatic heterocycles. The van der Waals surface area contributed by atoms with E-state index in [9.17, 15) is 0 Å². The monoisotopic (exact) mass is 456 g/mol. The van der Waals surface area contributed by atoms with Crippen molar-refractivity contribution in [2.75, 3.05) is 41.3 Å². The van der Waals surface area contributed by atoms with Gasteiger partial charge in [-0.15, -0.1) is 0 Å². The Labute approximate surface area is 189 Å². The molecule has 0 saturated heterocycles. The molecule has 0 fully saturated rings. The second kappa shape index (κ2) is 9.72. The van der Waals surface area contributed by atoms with Crippen LogP contribution in [0.2, 0.25) is 10.0 Å². The van der Waals surface area contributed by atoms with E-state index in [-0.39, 0.29) is 5.95 Å². The number of fused-ring (bicyclic) bond motifs is 1. The highest BCUT2D eigenvalue weighted by atomic mass is 35.5. The zero-order valence-corrected chi connectivity index (χ0v) is 18.1. The van der Waals surface area contributed by atoms with Gasteiger partial charge in [0.25, 0.3) is 0 Å². The van der Waals surface area contributed by atoms with Gasteiger partial charge in [0.2, 0.25) is 17.8 Å². The third-order valence-electron chi connectivity index (χ3n) is 4.68. The molecule has 0 aliphatic rings. The molecule has 0 aliphatic carbocycles. The summed E-state index contributed by atoms with van der Waals surface area (Å²) >= 11 is 12.2. The van der Waals surface area contributed by atoms with Gasteiger partial charge in [0.05, 0.1) is 15.7 Å². The molecule has 0 amide bonds. The Morgan fingerprint density at radius 3 is 2.42 bits per heavy atom. The molecule has 2 aromatic carbocycles. The molecule has 4 rings (SSSR count). The lowest BCUT2D eigenvalue weighted by atomic mass is 10.1. The van der Waals surface area contributed by atoms with E-state index in [0.29, 0.717) is 41.6 Å². The number of halogens is 2. The lowest BCUT2D eigenvalue weighted by molar-refractivity contribution is 0.959. The zero-order chi connectivity index (χ0) is 21.6. The summed E-state index contributed by atoms with van der Waals surface area (Å²) in [6.07, 6.45) is 2.85. The van der Waals surface area contributed by atoms with Crippen LogP contribution < -0.4 is 21.7 Å². The molecule has 4 aromatic rings. The zero-order valence-electron chi connectivity index (χ0n) is 16.6. The minimum absolute atomic E-state index is 0.151. The number of rotatable bonds is 9. The van der Waals surface area contributed by atoms with Crippen molar-refractivity contribution in [3.63, 3.8) is 0 Å². The van der Waals surface area contributed by atoms with Crippen LogP contribution >= 0.6 is 23.2 Å². The number of benzene rings is 2. The fourth-order valence-electron chi connectivity index (χ4n) is 3.21. The Morgan fingerprint density at radius 2 is 1.58 bits per heavy atom. The Hall–Kier alpha value is -3.23. The predicted octanol–water partition coefficient (Wildman–Crippen LogP) is 4.42. The highest BCUT2D eigenvalue weighted by Gasteiger charge is 2.07. The normalized spacial score (nSPS) is 10.9. The SMILES string of the molecule is Nc1nc(NCCNc2cccc(Cl)c2Cl)nc(NCCc2c[nH]c3ccccc23)n1. The third kappa shape index (κ3) is 5.28. The standard InChI is InChI=1S/C21H22Cl2N8/c22-15-5-3-7-17(18(15)23)25-10-11-27-21-30-19(24)29-20(31-21)26-9-8-13-12-28-16-6-2-1-4-14(13)16/h1-7,12,25,28H,8-11H2,(H4,24,26,27,29,30,31). The molecule has 6 N–H and O–H groups in total. The molecule has 8 nitrogen and oxygen atoms in total. The number of nitrogens with two attached hydrogens (primary N) is 1. The maximum Gasteiger partial charge on any atom is 0.229 e. The Kier molecular flexibility index (Phi) is 6.59. The molecule has 0 unspecified atom stereocenters. The molecule has 2 heterocycles. The Balaban J connectivity index is 1.29. The van der Waals surface area contributed by atoms with Crippen LogP contribution in [0.25, 0.3) is 10.9 Å². The maximum absolute atomic E-state index is 6.17. The van der Waals surface area contributed by atoms with Crippen molar-refractivity contribution >= 4 is 57.6 Å². The van der Waals surface area contributed by atoms with E-state index in [1.54, 1.807) is 6.07 Å². The van der Waals surface area contributed by atoms with Crippen LogP contribution in [0.4, 0.5) is 23.5 Å². The van der Waals surface area contributed by atoms with E-state index in [1.807, 2.05) is 30.5 Å². The van der Waals surface area contributed by atoms with Crippen molar-refractivity contribution in [3.05, 3.63) is 64.3 Å². The number of anilines is 4. The van der Waals surface area contributed by atoms with E-state index in [2.05, 4.69) is 48.0 Å². The number of H-pyrrole nitrogens is 1. The number of hydrogen-bond acceptors (Lipinski definition) is 7. The van der Waals surface area contributed by atoms with Gasteiger partial charge in [-0.2, -0.15) is 15.0 Å². The first-order chi connectivity index (χ1) is 15.1. The second-order valence-electron chi connectivity index (χ2n) is 6.83. The molecular weight excluding hydrogens is 435 g/mol. The molecular formula is C21H22Cl2N8. The number of aromatic amines is 1. The number of para-hydroxylation sites is 1. The molecule has 0 atom stereocenters. The van der Waals surface area contributed by atoms with Crippen molar-refractivity contribution in [2.45, 2.75) is 6.42 Å². The van der Waals surface area contributed by atoms with Gasteiger partial charge >= 0.3 is 0 Å². The van der Waals surface area contributed by atoms with E-state index < -0.39 is 0 Å². The van der Waals surface area contributed by atoms with Crippen molar-refractivity contribution in [3.8, 4) is 0 Å². The van der Waals surface area contributed by atoms with E-state index >= 15 is 0 Å². The van der Waals surface area contributed by atoms with Crippen molar-refractivity contribution < 1.29 is 0 Å². The largest absolute Gasteiger partial charge is 0.382 e. The van der Waals surface area contributed by atoms with Crippen LogP contribution in [0.1, 0.15) is 5.56 Å². The number of hydrogen-bond donors (Lipinski definition) is 5. The summed E-state index contributed by atoms with van der Waals surface area (Å²) < 4.78 is 0. The maximum atomic E-state index is 6.17. The third-order valence-corrected chi connectivity index (χ3v) is 5.50. The van der Waals surface area contributed by atoms with Crippen molar-refractivity contribution in [1.82, 2.24) is 19.9 Å². The summed E-state index contributed by atoms with van der Waals surface area (Å²) in [4.78, 5) is 16.0. The van der Waals surface area contributed by atoms with Crippen LogP contribution in [0.3, 0.4) is 0 Å². The Bertz CT molecular complexity index is 1180. The molecule has 0 spiro atoms. The molecule has 0 saturated carbocycles. The average Bonchev–Trinajstić information content (AvgIpc) is 3.17. The topological polar surface area (TPSA) is 117 Å². The quantitative estimate of drug-likeness (QED) is 0.236. The molecule has 0 bridgehead atoms. The van der Waals surface area contributed by atoms with Crippen LogP contribution in [0, 0.1) is 0 Å². The summed E-state index contributed by atoms with van der Waals surface area (Å²) in [5.74, 6) is 0.986. The minimum Gasteiger partial charge on any atom is -0.382 e. The summed E-state index contributed by atoms with van der Waals surface area (Å²) in [5, 5.41) is 11.8. The van der Waals surface area contributed by atoms with Gasteiger partial charge in [0.15, 0.2) is 0 Å². The van der Waals surface area contributed by atoms with Gasteiger partial charge in [0.1, 0.15) is 0 Å². The first kappa shape index (κ1) is 21.0. The van der Waals surface area contributed by atoms with E-state index in [0.717, 1.165) is 17.6 Å². The average molecular weight is 457 g/mol. The van der Waals surface area contributed by atoms with Gasteiger partial charge in [-0.05, 0) is 30.2 Å². The second-order valence-corrected chi connectivity index (χ2v) is 7.62. The summed E-state index contributed by atoms with van der Waals surface area (Å²) in [5.41, 5.74) is 8.96. The molecule has 0 radical (unpaired) electrons. The number of nitrogen functional groups attached to an aromatic ring is 1. The molecule has 160 valence electrons. The predicted molar refractivity (Wildman–Crippen MR) is 128 cm³/mol. The molecule has 0 aliphatic heterocycles. The first-order valence-corrected chi connectivity index (χ1v) is 10.6. The highest BCUT2D eigenvalue weighted by Crippen LogP contribution is 2.29. The van der Waals surface area contributed by atoms with Gasteiger partial charge in [0, 0.05) is 36.7 Å². The fraction of sp³-hybridized carbons (Fsp3) is 0.190. The van der Waals surface area contributed by atoms with Crippen LogP contribution in [-0.4, -0.2) is 39.6 Å². The van der Waals surface area contributed by atoms with E-state index in [1.165, 1.54) is 10.9 Å². The number of aromatic nitrogens is 4. The van der Waals surface area contributed by atoms with E-state index in [4.69, 9.17) is 28.9 Å². The first-order valence-electron chi connectivity index (χ1n) is 9.82. The Morgan fingerprint density at radius 1 is 0.839 bits per heavy atom. The number of nitrogens with zero attached hydrogens (tertiary/aromatic N) is 3. The minimum atomic E-state index is 0.151. The van der Waals surface area contributed by atoms with Gasteiger partial charge in [-0.3, -0.25) is 0 Å². The number of nitrogens with one attached hydrogen (secondary N) is 4. The van der Waals surface area contributed by atoms with Gasteiger partial charge in [-0.1, -0.05) is 47.5 Å². The summed E-state index contributed by atoms with van der Waals surface area (Å²) in [6.45, 7) is 1.82. The molecule has 31 heavy (non-hydrogen) atoms. The lowest BCUT2D eigenvalue weighted by Crippen LogP contribution is -2.17. The fourth-order valence-corrected chi connectivity index (χ4v) is 3.58. The lowest BCUT2D eigenvalue weighted by Gasteiger charge is -2.11. The van der Waals surface area contributed by atoms with Crippen LogP contribution in [0.15, 0.2) is 48.7 Å². The van der Waals surface area contributed by atoms with Crippen LogP contribution in [-0.2, 0) is 6.42 Å². The summed E-state index contributed by atoms with van der Waals surface area (Å²) in [6, 6.07) is 13.7. The summed E-state index contributed by atoms with van der Waals surface area (Å²) in [7, 11) is 0. The smallest absolute Gasteiger partial charge is 0.229 e. The van der Waals surface area contributed by atoms with Crippen molar-refractivity contribution in [1.29, 1.82) is 0 Å².